The molecule has 2 aromatic rings. The molecule has 0 aromatic heterocycles. The number of hydrogen-bond acceptors (Lipinski definition) is 2. The van der Waals surface area contributed by atoms with E-state index in [0.717, 1.165) is 0 Å². The SMILES string of the molecule is CN(C(=O)c1cccc(Cl)c1Cl)c1ccccc1N. The second-order valence-electron chi connectivity index (χ2n) is 4.02. The van der Waals surface area contributed by atoms with Gasteiger partial charge in [0.1, 0.15) is 0 Å². The van der Waals surface area contributed by atoms with Crippen molar-refractivity contribution in [1.82, 2.24) is 0 Å². The Morgan fingerprint density at radius 2 is 1.79 bits per heavy atom. The molecule has 0 fully saturated rings. The standard InChI is InChI=1S/C14H12Cl2N2O/c1-18(12-8-3-2-7-11(12)17)14(19)9-5-4-6-10(15)13(9)16/h2-8H,17H2,1H3. The summed E-state index contributed by atoms with van der Waals surface area (Å²) in [6.45, 7) is 0. The maximum Gasteiger partial charge on any atom is 0.259 e. The quantitative estimate of drug-likeness (QED) is 0.855. The number of nitrogens with two attached hydrogens (primary N) is 1. The van der Waals surface area contributed by atoms with E-state index in [1.165, 1.54) is 4.90 Å². The number of carbonyl (C=O) groups excluding carboxylic acids is 1. The highest BCUT2D eigenvalue weighted by Crippen LogP contribution is 2.29. The summed E-state index contributed by atoms with van der Waals surface area (Å²) in [7, 11) is 1.64. The lowest BCUT2D eigenvalue weighted by molar-refractivity contribution is 0.0993. The van der Waals surface area contributed by atoms with Crippen LogP contribution in [0.4, 0.5) is 11.4 Å². The first-order valence-corrected chi connectivity index (χ1v) is 6.34. The van der Waals surface area contributed by atoms with Crippen molar-refractivity contribution in [2.45, 2.75) is 0 Å². The Bertz CT molecular complexity index is 629. The molecule has 1 amide bonds. The molecular weight excluding hydrogens is 283 g/mol. The molecule has 0 spiro atoms. The summed E-state index contributed by atoms with van der Waals surface area (Å²) in [6.07, 6.45) is 0. The van der Waals surface area contributed by atoms with Gasteiger partial charge in [0.15, 0.2) is 0 Å². The molecule has 2 rings (SSSR count). The lowest BCUT2D eigenvalue weighted by Crippen LogP contribution is -2.27. The van der Waals surface area contributed by atoms with Gasteiger partial charge in [-0.15, -0.1) is 0 Å². The average molecular weight is 295 g/mol. The number of anilines is 2. The van der Waals surface area contributed by atoms with E-state index in [9.17, 15) is 4.79 Å². The van der Waals surface area contributed by atoms with E-state index in [-0.39, 0.29) is 10.9 Å². The highest BCUT2D eigenvalue weighted by molar-refractivity contribution is 6.44. The van der Waals surface area contributed by atoms with Gasteiger partial charge < -0.3 is 10.6 Å². The van der Waals surface area contributed by atoms with Crippen molar-refractivity contribution in [3.05, 3.63) is 58.1 Å². The normalized spacial score (nSPS) is 10.3. The van der Waals surface area contributed by atoms with E-state index in [0.29, 0.717) is 22.0 Å². The first-order valence-electron chi connectivity index (χ1n) is 5.59. The number of amides is 1. The van der Waals surface area contributed by atoms with E-state index in [1.807, 2.05) is 12.1 Å². The Kier molecular flexibility index (Phi) is 3.98. The molecule has 5 heteroatoms. The van der Waals surface area contributed by atoms with Crippen molar-refractivity contribution in [3.8, 4) is 0 Å². The number of nitrogen functional groups attached to an aromatic ring is 1. The summed E-state index contributed by atoms with van der Waals surface area (Å²) in [4.78, 5) is 13.8. The van der Waals surface area contributed by atoms with Crippen LogP contribution in [0.2, 0.25) is 10.0 Å². The Morgan fingerprint density at radius 3 is 2.47 bits per heavy atom. The van der Waals surface area contributed by atoms with Gasteiger partial charge in [-0.25, -0.2) is 0 Å². The first kappa shape index (κ1) is 13.7. The zero-order valence-electron chi connectivity index (χ0n) is 10.2. The van der Waals surface area contributed by atoms with Gasteiger partial charge in [-0.2, -0.15) is 0 Å². The van der Waals surface area contributed by atoms with Crippen LogP contribution in [0.5, 0.6) is 0 Å². The van der Waals surface area contributed by atoms with Gasteiger partial charge in [0.2, 0.25) is 0 Å². The van der Waals surface area contributed by atoms with E-state index >= 15 is 0 Å². The lowest BCUT2D eigenvalue weighted by atomic mass is 10.1. The molecule has 0 aliphatic heterocycles. The molecule has 0 bridgehead atoms. The van der Waals surface area contributed by atoms with E-state index in [1.54, 1.807) is 37.4 Å². The van der Waals surface area contributed by atoms with Crippen LogP contribution in [0.1, 0.15) is 10.4 Å². The molecule has 0 aliphatic carbocycles. The molecule has 0 saturated carbocycles. The maximum absolute atomic E-state index is 12.4. The second kappa shape index (κ2) is 5.51. The number of para-hydroxylation sites is 2. The van der Waals surface area contributed by atoms with E-state index < -0.39 is 0 Å². The van der Waals surface area contributed by atoms with Gasteiger partial charge in [0.05, 0.1) is 27.0 Å². The number of benzene rings is 2. The van der Waals surface area contributed by atoms with Gasteiger partial charge >= 0.3 is 0 Å². The van der Waals surface area contributed by atoms with Crippen LogP contribution < -0.4 is 10.6 Å². The van der Waals surface area contributed by atoms with Gasteiger partial charge in [0.25, 0.3) is 5.91 Å². The van der Waals surface area contributed by atoms with Crippen LogP contribution in [0.15, 0.2) is 42.5 Å². The summed E-state index contributed by atoms with van der Waals surface area (Å²) in [5.74, 6) is -0.259. The molecule has 0 heterocycles. The summed E-state index contributed by atoms with van der Waals surface area (Å²) in [6, 6.07) is 12.1. The number of halogens is 2. The molecule has 0 unspecified atom stereocenters. The van der Waals surface area contributed by atoms with Crippen LogP contribution in [-0.4, -0.2) is 13.0 Å². The average Bonchev–Trinajstić information content (AvgIpc) is 2.41. The van der Waals surface area contributed by atoms with Gasteiger partial charge in [-0.3, -0.25) is 4.79 Å². The highest BCUT2D eigenvalue weighted by atomic mass is 35.5. The molecule has 0 atom stereocenters. The molecule has 2 aromatic carbocycles. The summed E-state index contributed by atoms with van der Waals surface area (Å²) in [5.41, 5.74) is 7.35. The Labute approximate surface area is 121 Å². The van der Waals surface area contributed by atoms with E-state index in [4.69, 9.17) is 28.9 Å². The molecule has 19 heavy (non-hydrogen) atoms. The minimum Gasteiger partial charge on any atom is -0.397 e. The lowest BCUT2D eigenvalue weighted by Gasteiger charge is -2.19. The molecular formula is C14H12Cl2N2O. The minimum atomic E-state index is -0.259. The Morgan fingerprint density at radius 1 is 1.11 bits per heavy atom. The molecule has 0 radical (unpaired) electrons. The van der Waals surface area contributed by atoms with Crippen LogP contribution in [0, 0.1) is 0 Å². The fourth-order valence-corrected chi connectivity index (χ4v) is 2.13. The van der Waals surface area contributed by atoms with Crippen molar-refractivity contribution in [1.29, 1.82) is 0 Å². The van der Waals surface area contributed by atoms with Gasteiger partial charge in [0, 0.05) is 7.05 Å². The van der Waals surface area contributed by atoms with Crippen LogP contribution in [0.3, 0.4) is 0 Å². The highest BCUT2D eigenvalue weighted by Gasteiger charge is 2.19. The molecule has 3 nitrogen and oxygen atoms in total. The van der Waals surface area contributed by atoms with Crippen LogP contribution >= 0.6 is 23.2 Å². The Balaban J connectivity index is 2.40. The summed E-state index contributed by atoms with van der Waals surface area (Å²) >= 11 is 12.0. The van der Waals surface area contributed by atoms with E-state index in [2.05, 4.69) is 0 Å². The third-order valence-electron chi connectivity index (χ3n) is 2.78. The van der Waals surface area contributed by atoms with Gasteiger partial charge in [-0.05, 0) is 24.3 Å². The number of hydrogen-bond donors (Lipinski definition) is 1. The van der Waals surface area contributed by atoms with Crippen LogP contribution in [-0.2, 0) is 0 Å². The predicted molar refractivity (Wildman–Crippen MR) is 80.0 cm³/mol. The largest absolute Gasteiger partial charge is 0.397 e. The van der Waals surface area contributed by atoms with Crippen molar-refractivity contribution < 1.29 is 4.79 Å². The zero-order chi connectivity index (χ0) is 14.0. The Hall–Kier alpha value is -1.71. The summed E-state index contributed by atoms with van der Waals surface area (Å²) in [5, 5.41) is 0.595. The molecule has 0 saturated heterocycles. The molecule has 2 N–H and O–H groups in total. The van der Waals surface area contributed by atoms with Crippen LogP contribution in [0.25, 0.3) is 0 Å². The fourth-order valence-electron chi connectivity index (χ4n) is 1.75. The number of nitrogens with zero attached hydrogens (tertiary/aromatic N) is 1. The fraction of sp³-hybridized carbons (Fsp3) is 0.0714. The van der Waals surface area contributed by atoms with Crippen molar-refractivity contribution in [3.63, 3.8) is 0 Å². The third kappa shape index (κ3) is 2.67. The summed E-state index contributed by atoms with van der Waals surface area (Å²) < 4.78 is 0. The minimum absolute atomic E-state index is 0.246. The topological polar surface area (TPSA) is 46.3 Å². The number of rotatable bonds is 2. The van der Waals surface area contributed by atoms with Crippen molar-refractivity contribution in [2.75, 3.05) is 17.7 Å². The second-order valence-corrected chi connectivity index (χ2v) is 4.81. The van der Waals surface area contributed by atoms with Gasteiger partial charge in [-0.1, -0.05) is 41.4 Å². The number of carbonyl (C=O) groups is 1. The first-order chi connectivity index (χ1) is 9.02. The zero-order valence-corrected chi connectivity index (χ0v) is 11.7. The van der Waals surface area contributed by atoms with Crippen molar-refractivity contribution in [2.24, 2.45) is 0 Å². The smallest absolute Gasteiger partial charge is 0.259 e. The molecule has 0 aliphatic rings. The predicted octanol–water partition coefficient (Wildman–Crippen LogP) is 3.85. The molecule has 98 valence electrons. The third-order valence-corrected chi connectivity index (χ3v) is 3.60. The monoisotopic (exact) mass is 294 g/mol. The van der Waals surface area contributed by atoms with Crippen molar-refractivity contribution >= 4 is 40.5 Å². The maximum atomic E-state index is 12.4.